The van der Waals surface area contributed by atoms with Gasteiger partial charge in [0.15, 0.2) is 5.84 Å². The van der Waals surface area contributed by atoms with Crippen molar-refractivity contribution in [1.82, 2.24) is 4.57 Å². The number of amidine groups is 1. The minimum atomic E-state index is 0.158. The average Bonchev–Trinajstić information content (AvgIpc) is 2.50. The zero-order valence-corrected chi connectivity index (χ0v) is 7.94. The molecule has 0 aliphatic carbocycles. The maximum atomic E-state index is 8.51. The summed E-state index contributed by atoms with van der Waals surface area (Å²) >= 11 is 0. The van der Waals surface area contributed by atoms with E-state index in [2.05, 4.69) is 19.0 Å². The average molecular weight is 181 g/mol. The number of oxime groups is 1. The molecule has 0 radical (unpaired) electrons. The first kappa shape index (κ1) is 9.64. The Bertz CT molecular complexity index is 302. The third kappa shape index (κ3) is 2.24. The molecule has 0 unspecified atom stereocenters. The molecule has 13 heavy (non-hydrogen) atoms. The van der Waals surface area contributed by atoms with Gasteiger partial charge < -0.3 is 15.5 Å². The monoisotopic (exact) mass is 181 g/mol. The number of rotatable bonds is 3. The lowest BCUT2D eigenvalue weighted by atomic mass is 10.2. The molecular formula is C9H15N3O. The van der Waals surface area contributed by atoms with Crippen LogP contribution in [0.4, 0.5) is 0 Å². The smallest absolute Gasteiger partial charge is 0.186 e. The van der Waals surface area contributed by atoms with E-state index in [1.165, 1.54) is 0 Å². The molecule has 0 aromatic carbocycles. The van der Waals surface area contributed by atoms with Crippen molar-refractivity contribution in [3.8, 4) is 0 Å². The molecule has 3 N–H and O–H groups in total. The summed E-state index contributed by atoms with van der Waals surface area (Å²) in [5.74, 6) is 0.697. The highest BCUT2D eigenvalue weighted by Crippen LogP contribution is 2.06. The Labute approximate surface area is 77.7 Å². The molecule has 4 heteroatoms. The van der Waals surface area contributed by atoms with Crippen molar-refractivity contribution in [2.75, 3.05) is 0 Å². The van der Waals surface area contributed by atoms with Crippen LogP contribution in [0.5, 0.6) is 0 Å². The van der Waals surface area contributed by atoms with Gasteiger partial charge in [-0.3, -0.25) is 0 Å². The lowest BCUT2D eigenvalue weighted by Crippen LogP contribution is -2.19. The molecule has 0 aliphatic rings. The van der Waals surface area contributed by atoms with Crippen molar-refractivity contribution in [2.24, 2.45) is 16.8 Å². The van der Waals surface area contributed by atoms with Gasteiger partial charge in [0.1, 0.15) is 0 Å². The van der Waals surface area contributed by atoms with Gasteiger partial charge in [-0.2, -0.15) is 0 Å². The largest absolute Gasteiger partial charge is 0.409 e. The first-order chi connectivity index (χ1) is 6.15. The van der Waals surface area contributed by atoms with Gasteiger partial charge in [-0.15, -0.1) is 0 Å². The van der Waals surface area contributed by atoms with Crippen molar-refractivity contribution in [1.29, 1.82) is 0 Å². The molecule has 72 valence electrons. The molecule has 0 spiro atoms. The molecule has 1 rings (SSSR count). The fourth-order valence-corrected chi connectivity index (χ4v) is 1.25. The number of aromatic nitrogens is 1. The van der Waals surface area contributed by atoms with E-state index in [1.807, 2.05) is 22.9 Å². The summed E-state index contributed by atoms with van der Waals surface area (Å²) in [6.45, 7) is 5.12. The second-order valence-electron chi connectivity index (χ2n) is 3.42. The van der Waals surface area contributed by atoms with Crippen LogP contribution >= 0.6 is 0 Å². The molecule has 0 saturated carbocycles. The number of hydrogen-bond acceptors (Lipinski definition) is 2. The van der Waals surface area contributed by atoms with Crippen molar-refractivity contribution < 1.29 is 5.21 Å². The predicted molar refractivity (Wildman–Crippen MR) is 51.8 cm³/mol. The first-order valence-corrected chi connectivity index (χ1v) is 4.28. The van der Waals surface area contributed by atoms with E-state index in [4.69, 9.17) is 10.9 Å². The molecule has 1 aromatic heterocycles. The zero-order chi connectivity index (χ0) is 9.84. The Kier molecular flexibility index (Phi) is 2.95. The van der Waals surface area contributed by atoms with Gasteiger partial charge in [0.2, 0.25) is 0 Å². The Morgan fingerprint density at radius 3 is 2.92 bits per heavy atom. The van der Waals surface area contributed by atoms with Crippen LogP contribution in [0, 0.1) is 5.92 Å². The van der Waals surface area contributed by atoms with Crippen LogP contribution in [-0.2, 0) is 6.54 Å². The van der Waals surface area contributed by atoms with Gasteiger partial charge in [-0.05, 0) is 18.1 Å². The molecule has 0 bridgehead atoms. The lowest BCUT2D eigenvalue weighted by molar-refractivity contribution is 0.318. The van der Waals surface area contributed by atoms with E-state index in [1.54, 1.807) is 0 Å². The first-order valence-electron chi connectivity index (χ1n) is 4.28. The van der Waals surface area contributed by atoms with Crippen LogP contribution in [0.1, 0.15) is 19.5 Å². The summed E-state index contributed by atoms with van der Waals surface area (Å²) in [5, 5.41) is 11.5. The van der Waals surface area contributed by atoms with Gasteiger partial charge in [-0.1, -0.05) is 19.0 Å². The maximum Gasteiger partial charge on any atom is 0.186 e. The lowest BCUT2D eigenvalue weighted by Gasteiger charge is -2.10. The van der Waals surface area contributed by atoms with Crippen LogP contribution in [-0.4, -0.2) is 15.6 Å². The number of hydrogen-bond donors (Lipinski definition) is 2. The summed E-state index contributed by atoms with van der Waals surface area (Å²) in [7, 11) is 0. The Morgan fingerprint density at radius 2 is 2.38 bits per heavy atom. The number of nitrogens with two attached hydrogens (primary N) is 1. The zero-order valence-electron chi connectivity index (χ0n) is 7.94. The van der Waals surface area contributed by atoms with Crippen LogP contribution < -0.4 is 5.73 Å². The third-order valence-electron chi connectivity index (χ3n) is 1.76. The van der Waals surface area contributed by atoms with Crippen molar-refractivity contribution in [2.45, 2.75) is 20.4 Å². The molecule has 4 nitrogen and oxygen atoms in total. The molecule has 0 aliphatic heterocycles. The molecule has 1 heterocycles. The second-order valence-corrected chi connectivity index (χ2v) is 3.42. The fourth-order valence-electron chi connectivity index (χ4n) is 1.25. The van der Waals surface area contributed by atoms with Crippen LogP contribution in [0.3, 0.4) is 0 Å². The van der Waals surface area contributed by atoms with E-state index < -0.39 is 0 Å². The second kappa shape index (κ2) is 3.98. The molecular weight excluding hydrogens is 166 g/mol. The Morgan fingerprint density at radius 1 is 1.69 bits per heavy atom. The standard InChI is InChI=1S/C9H15N3O/c1-7(2)6-12-5-3-4-8(12)9(10)11-13/h3-5,7,13H,6H2,1-2H3,(H2,10,11). The molecule has 0 amide bonds. The van der Waals surface area contributed by atoms with Gasteiger partial charge in [0.05, 0.1) is 5.69 Å². The van der Waals surface area contributed by atoms with E-state index in [9.17, 15) is 0 Å². The SMILES string of the molecule is CC(C)Cn1cccc1/C(N)=N/O. The van der Waals surface area contributed by atoms with Gasteiger partial charge in [-0.25, -0.2) is 0 Å². The van der Waals surface area contributed by atoms with Crippen molar-refractivity contribution in [3.05, 3.63) is 24.0 Å². The van der Waals surface area contributed by atoms with Crippen LogP contribution in [0.15, 0.2) is 23.5 Å². The molecule has 0 fully saturated rings. The van der Waals surface area contributed by atoms with Crippen LogP contribution in [0.25, 0.3) is 0 Å². The quantitative estimate of drug-likeness (QED) is 0.319. The summed E-state index contributed by atoms with van der Waals surface area (Å²) in [6, 6.07) is 3.72. The van der Waals surface area contributed by atoms with Crippen LogP contribution in [0.2, 0.25) is 0 Å². The van der Waals surface area contributed by atoms with Crippen molar-refractivity contribution >= 4 is 5.84 Å². The van der Waals surface area contributed by atoms with Gasteiger partial charge >= 0.3 is 0 Å². The summed E-state index contributed by atoms with van der Waals surface area (Å²) in [4.78, 5) is 0. The Hall–Kier alpha value is -1.45. The van der Waals surface area contributed by atoms with E-state index in [0.29, 0.717) is 5.92 Å². The molecule has 1 aromatic rings. The summed E-state index contributed by atoms with van der Waals surface area (Å²) < 4.78 is 1.97. The van der Waals surface area contributed by atoms with Gasteiger partial charge in [0, 0.05) is 12.7 Å². The Balaban J connectivity index is 2.89. The van der Waals surface area contributed by atoms with E-state index >= 15 is 0 Å². The van der Waals surface area contributed by atoms with E-state index in [0.717, 1.165) is 12.2 Å². The van der Waals surface area contributed by atoms with Crippen molar-refractivity contribution in [3.63, 3.8) is 0 Å². The highest BCUT2D eigenvalue weighted by atomic mass is 16.4. The summed E-state index contributed by atoms with van der Waals surface area (Å²) in [5.41, 5.74) is 6.25. The highest BCUT2D eigenvalue weighted by molar-refractivity contribution is 5.95. The topological polar surface area (TPSA) is 63.5 Å². The minimum absolute atomic E-state index is 0.158. The fraction of sp³-hybridized carbons (Fsp3) is 0.444. The normalized spacial score (nSPS) is 12.4. The highest BCUT2D eigenvalue weighted by Gasteiger charge is 2.06. The predicted octanol–water partition coefficient (Wildman–Crippen LogP) is 1.24. The molecule has 0 atom stereocenters. The molecule has 0 saturated heterocycles. The van der Waals surface area contributed by atoms with Gasteiger partial charge in [0.25, 0.3) is 0 Å². The number of nitrogens with zero attached hydrogens (tertiary/aromatic N) is 2. The van der Waals surface area contributed by atoms with E-state index in [-0.39, 0.29) is 5.84 Å². The third-order valence-corrected chi connectivity index (χ3v) is 1.76. The maximum absolute atomic E-state index is 8.51. The summed E-state index contributed by atoms with van der Waals surface area (Å²) in [6.07, 6.45) is 1.92. The minimum Gasteiger partial charge on any atom is -0.409 e.